The Kier molecular flexibility index (Phi) is 13.3. The Hall–Kier alpha value is -2.81. The Morgan fingerprint density at radius 1 is 0.939 bits per heavy atom. The summed E-state index contributed by atoms with van der Waals surface area (Å²) < 4.78 is 67.1. The number of carbonyl (C=O) groups excluding carboxylic acids is 1. The molecule has 0 saturated carbocycles. The van der Waals surface area contributed by atoms with Crippen molar-refractivity contribution >= 4 is 124 Å². The predicted molar refractivity (Wildman–Crippen MR) is 188 cm³/mol. The summed E-state index contributed by atoms with van der Waals surface area (Å²) in [5, 5.41) is 21.7. The second-order valence-electron chi connectivity index (χ2n) is 10.4. The Labute approximate surface area is 329 Å². The van der Waals surface area contributed by atoms with Crippen LogP contribution in [0.5, 0.6) is 5.88 Å². The molecule has 0 fully saturated rings. The summed E-state index contributed by atoms with van der Waals surface area (Å²) in [6, 6.07) is 16.0. The fraction of sp³-hybridized carbons (Fsp3) is 0.167. The average molecular weight is 744 g/mol. The van der Waals surface area contributed by atoms with Gasteiger partial charge in [0.25, 0.3) is 31.7 Å². The first kappa shape index (κ1) is 40.6. The van der Waals surface area contributed by atoms with Crippen molar-refractivity contribution in [2.45, 2.75) is 38.0 Å². The summed E-state index contributed by atoms with van der Waals surface area (Å²) in [6.45, 7) is 4.56. The number of rotatable bonds is 9. The van der Waals surface area contributed by atoms with Crippen LogP contribution in [0, 0.1) is 13.8 Å². The molecule has 0 unspecified atom stereocenters. The molecular weight excluding hydrogens is 717 g/mol. The van der Waals surface area contributed by atoms with Crippen LogP contribution in [0.25, 0.3) is 20.8 Å². The maximum Gasteiger partial charge on any atom is 0.296 e. The molecule has 3 aromatic carbocycles. The molecule has 2 heterocycles. The van der Waals surface area contributed by atoms with Gasteiger partial charge >= 0.3 is 0 Å². The first-order valence-electron chi connectivity index (χ1n) is 13.8. The van der Waals surface area contributed by atoms with Crippen molar-refractivity contribution in [3.8, 4) is 16.5 Å². The number of thiazole rings is 1. The fourth-order valence-electron chi connectivity index (χ4n) is 4.82. The first-order valence-corrected chi connectivity index (χ1v) is 17.7. The summed E-state index contributed by atoms with van der Waals surface area (Å²) in [6.07, 6.45) is 0. The number of pyridine rings is 1. The van der Waals surface area contributed by atoms with E-state index < -0.39 is 43.3 Å². The molecule has 0 bridgehead atoms. The van der Waals surface area contributed by atoms with Crippen LogP contribution in [0.3, 0.4) is 0 Å². The van der Waals surface area contributed by atoms with E-state index in [0.717, 1.165) is 15.9 Å². The smallest absolute Gasteiger partial charge is 0.296 e. The van der Waals surface area contributed by atoms with E-state index in [2.05, 4.69) is 20.5 Å². The van der Waals surface area contributed by atoms with Crippen LogP contribution in [0.1, 0.15) is 34.0 Å². The molecule has 246 valence electrons. The molecule has 0 aliphatic rings. The number of nitrogens with zero attached hydrogens (tertiary/aromatic N) is 4. The number of aromatic hydroxyl groups is 1. The molecule has 0 spiro atoms. The van der Waals surface area contributed by atoms with Gasteiger partial charge in [-0.1, -0.05) is 6.07 Å². The minimum atomic E-state index is -4.52. The number of aryl methyl sites for hydroxylation is 1. The van der Waals surface area contributed by atoms with E-state index in [1.165, 1.54) is 31.2 Å². The van der Waals surface area contributed by atoms with Gasteiger partial charge in [-0.25, -0.2) is 4.98 Å². The number of azo groups is 1. The Morgan fingerprint density at radius 2 is 1.57 bits per heavy atom. The van der Waals surface area contributed by atoms with Crippen LogP contribution in [0.4, 0.5) is 17.1 Å². The Bertz CT molecular complexity index is 2360. The Balaban J connectivity index is 0.00000325. The van der Waals surface area contributed by atoms with Crippen molar-refractivity contribution in [3.05, 3.63) is 93.3 Å². The number of hydrogen-bond acceptors (Lipinski definition) is 11. The number of aromatic nitrogens is 2. The van der Waals surface area contributed by atoms with Crippen LogP contribution < -0.4 is 10.9 Å². The normalized spacial score (nSPS) is 11.7. The van der Waals surface area contributed by atoms with Crippen LogP contribution in [-0.2, 0) is 32.5 Å². The van der Waals surface area contributed by atoms with Crippen LogP contribution in [0.2, 0.25) is 0 Å². The molecule has 0 aliphatic heterocycles. The van der Waals surface area contributed by atoms with Crippen molar-refractivity contribution in [2.75, 3.05) is 5.32 Å². The van der Waals surface area contributed by atoms with Gasteiger partial charge in [-0.15, -0.1) is 16.5 Å². The molecule has 1 amide bonds. The number of fused-ring (bicyclic) bond motifs is 1. The molecule has 0 aliphatic carbocycles. The summed E-state index contributed by atoms with van der Waals surface area (Å²) in [4.78, 5) is 30.1. The molecule has 2 radical (unpaired) electrons. The summed E-state index contributed by atoms with van der Waals surface area (Å²) >= 11 is 1.13. The zero-order chi connectivity index (χ0) is 34.3. The number of benzene rings is 3. The quantitative estimate of drug-likeness (QED) is 0.0899. The van der Waals surface area contributed by atoms with Gasteiger partial charge in [0.15, 0.2) is 11.6 Å². The van der Waals surface area contributed by atoms with Crippen molar-refractivity contribution in [1.29, 1.82) is 0 Å². The van der Waals surface area contributed by atoms with Crippen LogP contribution in [0.15, 0.2) is 80.6 Å². The van der Waals surface area contributed by atoms with E-state index in [0.29, 0.717) is 32.0 Å². The maximum atomic E-state index is 12.9. The van der Waals surface area contributed by atoms with E-state index in [1.54, 1.807) is 50.2 Å². The largest absolute Gasteiger partial charge is 0.494 e. The number of carbonyl (C=O) groups is 1. The first-order chi connectivity index (χ1) is 22.1. The standard InChI is InChI=1S/C30H27N5O9S3.2Na/c1-4-35-29(37)22(15-46(39,40)41)17(3)24(30(35)38)34-33-21-12-6-18(7-13-21)27(36)31-20-10-8-19(9-11-20)28-32-23-14-5-16(2)26(25(23)45-28)47(42,43)44;;/h5-14,37H,4,15H2,1-3H3,(H,31,36)(H,39,40,41)(H,42,43,44);;. The molecule has 19 heteroatoms. The van der Waals surface area contributed by atoms with Gasteiger partial charge in [-0.2, -0.15) is 21.9 Å². The van der Waals surface area contributed by atoms with Crippen molar-refractivity contribution in [2.24, 2.45) is 10.2 Å². The number of nitrogens with one attached hydrogen (secondary N) is 1. The molecule has 4 N–H and O–H groups in total. The zero-order valence-corrected chi connectivity index (χ0v) is 33.4. The molecule has 14 nitrogen and oxygen atoms in total. The maximum absolute atomic E-state index is 12.9. The Morgan fingerprint density at radius 3 is 2.14 bits per heavy atom. The van der Waals surface area contributed by atoms with Gasteiger partial charge in [0.2, 0.25) is 0 Å². The molecule has 49 heavy (non-hydrogen) atoms. The monoisotopic (exact) mass is 743 g/mol. The summed E-state index contributed by atoms with van der Waals surface area (Å²) in [5.41, 5.74) is 1.52. The number of anilines is 1. The molecule has 5 rings (SSSR count). The van der Waals surface area contributed by atoms with Gasteiger partial charge in [-0.3, -0.25) is 23.3 Å². The molecule has 0 saturated heterocycles. The van der Waals surface area contributed by atoms with Gasteiger partial charge in [0, 0.05) is 88.0 Å². The molecule has 0 atom stereocenters. The van der Waals surface area contributed by atoms with Crippen molar-refractivity contribution < 1.29 is 35.8 Å². The van der Waals surface area contributed by atoms with Gasteiger partial charge in [0.05, 0.1) is 15.9 Å². The second kappa shape index (κ2) is 16.0. The van der Waals surface area contributed by atoms with Crippen LogP contribution >= 0.6 is 11.3 Å². The molecular formula is C30H27N5Na2O9S3. The van der Waals surface area contributed by atoms with E-state index >= 15 is 0 Å². The summed E-state index contributed by atoms with van der Waals surface area (Å²) in [7, 11) is -8.97. The second-order valence-corrected chi connectivity index (χ2v) is 14.2. The third-order valence-corrected chi connectivity index (χ3v) is 10.1. The number of hydrogen-bond donors (Lipinski definition) is 4. The van der Waals surface area contributed by atoms with Gasteiger partial charge in [-0.05, 0) is 86.5 Å². The summed E-state index contributed by atoms with van der Waals surface area (Å²) in [5.74, 6) is -1.93. The number of amides is 1. The van der Waals surface area contributed by atoms with Gasteiger partial charge in [0.1, 0.15) is 15.7 Å². The zero-order valence-electron chi connectivity index (χ0n) is 27.0. The van der Waals surface area contributed by atoms with Crippen molar-refractivity contribution in [3.63, 3.8) is 0 Å². The molecule has 2 aromatic heterocycles. The van der Waals surface area contributed by atoms with E-state index in [1.807, 2.05) is 0 Å². The topological polar surface area (TPSA) is 218 Å². The minimum Gasteiger partial charge on any atom is -0.494 e. The fourth-order valence-corrected chi connectivity index (χ4v) is 7.85. The third-order valence-electron chi connectivity index (χ3n) is 7.18. The SMILES string of the molecule is CCn1c(O)c(CS(=O)(=O)O)c(C)c(N=Nc2ccc(C(=O)Nc3ccc(-c4nc5ccc(C)c(S(=O)(=O)O)c5s4)cc3)cc2)c1=O.[Na].[Na]. The molecule has 5 aromatic rings. The van der Waals surface area contributed by atoms with E-state index in [-0.39, 0.29) is 98.6 Å². The minimum absolute atomic E-state index is 0. The van der Waals surface area contributed by atoms with E-state index in [4.69, 9.17) is 0 Å². The predicted octanol–water partition coefficient (Wildman–Crippen LogP) is 5.01. The van der Waals surface area contributed by atoms with Crippen LogP contribution in [-0.4, -0.2) is 106 Å². The third kappa shape index (κ3) is 9.11. The average Bonchev–Trinajstić information content (AvgIpc) is 3.43. The van der Waals surface area contributed by atoms with E-state index in [9.17, 15) is 40.6 Å². The van der Waals surface area contributed by atoms with Crippen molar-refractivity contribution in [1.82, 2.24) is 9.55 Å². The van der Waals surface area contributed by atoms with Gasteiger partial charge < -0.3 is 10.4 Å².